The van der Waals surface area contributed by atoms with E-state index < -0.39 is 0 Å². The smallest absolute Gasteiger partial charge is 0.0411 e. The second-order valence-corrected chi connectivity index (χ2v) is 7.68. The van der Waals surface area contributed by atoms with Gasteiger partial charge in [-0.25, -0.2) is 0 Å². The Bertz CT molecular complexity index is 724. The van der Waals surface area contributed by atoms with Crippen molar-refractivity contribution in [3.05, 3.63) is 86.7 Å². The Kier molecular flexibility index (Phi) is 6.77. The Hall–Kier alpha value is -1.44. The highest BCUT2D eigenvalue weighted by molar-refractivity contribution is 8.07. The van der Waals surface area contributed by atoms with Gasteiger partial charge in [0.2, 0.25) is 0 Å². The average Bonchev–Trinajstić information content (AvgIpc) is 2.90. The Morgan fingerprint density at radius 3 is 2.50 bits per heavy atom. The van der Waals surface area contributed by atoms with Gasteiger partial charge in [-0.3, -0.25) is 0 Å². The molecule has 0 aromatic heterocycles. The first kappa shape index (κ1) is 18.9. The van der Waals surface area contributed by atoms with Gasteiger partial charge in [0.25, 0.3) is 0 Å². The summed E-state index contributed by atoms with van der Waals surface area (Å²) < 4.78 is 0. The molecule has 1 aliphatic rings. The van der Waals surface area contributed by atoms with E-state index in [1.54, 1.807) is 6.08 Å². The lowest BCUT2D eigenvalue weighted by molar-refractivity contribution is 0.880. The minimum absolute atomic E-state index is 0.790. The zero-order valence-electron chi connectivity index (χ0n) is 14.8. The van der Waals surface area contributed by atoms with Crippen LogP contribution in [0, 0.1) is 13.8 Å². The molecule has 0 unspecified atom stereocenters. The zero-order chi connectivity index (χ0) is 17.7. The fourth-order valence-electron chi connectivity index (χ4n) is 3.14. The highest BCUT2D eigenvalue weighted by Gasteiger charge is 2.23. The summed E-state index contributed by atoms with van der Waals surface area (Å²) >= 11 is 8.04. The molecule has 0 fully saturated rings. The molecule has 2 rings (SSSR count). The van der Waals surface area contributed by atoms with E-state index in [1.807, 2.05) is 30.0 Å². The van der Waals surface area contributed by atoms with Crippen LogP contribution in [0.5, 0.6) is 0 Å². The number of aryl methyl sites for hydroxylation is 2. The Balaban J connectivity index is 2.38. The predicted molar refractivity (Wildman–Crippen MR) is 112 cm³/mol. The van der Waals surface area contributed by atoms with E-state index in [0.29, 0.717) is 0 Å². The van der Waals surface area contributed by atoms with E-state index in [0.717, 1.165) is 29.9 Å². The molecule has 1 aromatic carbocycles. The molecule has 0 aliphatic carbocycles. The van der Waals surface area contributed by atoms with Crippen molar-refractivity contribution in [2.75, 3.05) is 0 Å². The fourth-order valence-corrected chi connectivity index (χ4v) is 4.67. The van der Waals surface area contributed by atoms with Gasteiger partial charge in [-0.15, -0.1) is 0 Å². The summed E-state index contributed by atoms with van der Waals surface area (Å²) in [5, 5.41) is 0.790. The maximum atomic E-state index is 6.19. The first-order valence-corrected chi connectivity index (χ1v) is 9.51. The Labute approximate surface area is 155 Å². The van der Waals surface area contributed by atoms with Crippen LogP contribution in [0.15, 0.2) is 65.0 Å². The van der Waals surface area contributed by atoms with E-state index in [9.17, 15) is 0 Å². The summed E-state index contributed by atoms with van der Waals surface area (Å²) in [5.41, 5.74) is 6.25. The molecule has 0 nitrogen and oxygen atoms in total. The lowest BCUT2D eigenvalue weighted by Gasteiger charge is -2.15. The zero-order valence-corrected chi connectivity index (χ0v) is 16.4. The molecule has 0 saturated heterocycles. The number of halogens is 1. The van der Waals surface area contributed by atoms with Crippen molar-refractivity contribution in [1.29, 1.82) is 0 Å². The normalized spacial score (nSPS) is 16.4. The maximum Gasteiger partial charge on any atom is 0.0411 e. The topological polar surface area (TPSA) is 0 Å². The number of hydrogen-bond donors (Lipinski definition) is 0. The highest BCUT2D eigenvalue weighted by Crippen LogP contribution is 2.49. The van der Waals surface area contributed by atoms with E-state index in [1.165, 1.54) is 32.1 Å². The summed E-state index contributed by atoms with van der Waals surface area (Å²) in [6.45, 7) is 14.6. The van der Waals surface area contributed by atoms with Gasteiger partial charge >= 0.3 is 0 Å². The minimum Gasteiger partial charge on any atom is -0.0991 e. The third-order valence-electron chi connectivity index (χ3n) is 4.10. The quantitative estimate of drug-likeness (QED) is 0.468. The standard InChI is InChI=1S/C22H25ClS/c1-6-8-9-11-20-14-18(10-7-2)22(24-20)17(5)21-15(3)12-19(23)13-16(21)4/h6,8-9,11-13H,1,5,7,10,14H2,2-4H3/b9-8-,20-11+. The first-order chi connectivity index (χ1) is 11.5. The van der Waals surface area contributed by atoms with E-state index in [2.05, 4.69) is 46.1 Å². The van der Waals surface area contributed by atoms with E-state index in [4.69, 9.17) is 11.6 Å². The van der Waals surface area contributed by atoms with Gasteiger partial charge in [0.1, 0.15) is 0 Å². The van der Waals surface area contributed by atoms with Crippen molar-refractivity contribution in [3.63, 3.8) is 0 Å². The van der Waals surface area contributed by atoms with E-state index >= 15 is 0 Å². The van der Waals surface area contributed by atoms with E-state index in [-0.39, 0.29) is 0 Å². The number of rotatable bonds is 6. The molecular weight excluding hydrogens is 332 g/mol. The summed E-state index contributed by atoms with van der Waals surface area (Å²) in [5.74, 6) is 0. The van der Waals surface area contributed by atoms with Crippen molar-refractivity contribution in [1.82, 2.24) is 0 Å². The Morgan fingerprint density at radius 1 is 1.25 bits per heavy atom. The summed E-state index contributed by atoms with van der Waals surface area (Å²) in [4.78, 5) is 2.71. The van der Waals surface area contributed by atoms with Crippen LogP contribution in [-0.2, 0) is 0 Å². The van der Waals surface area contributed by atoms with Gasteiger partial charge in [0.15, 0.2) is 0 Å². The molecular formula is C22H25ClS. The van der Waals surface area contributed by atoms with Gasteiger partial charge in [-0.05, 0) is 59.6 Å². The van der Waals surface area contributed by atoms with Crippen LogP contribution < -0.4 is 0 Å². The van der Waals surface area contributed by atoms with Crippen molar-refractivity contribution >= 4 is 28.9 Å². The third kappa shape index (κ3) is 4.34. The molecule has 126 valence electrons. The molecule has 0 spiro atoms. The molecule has 0 radical (unpaired) electrons. The molecule has 0 atom stereocenters. The van der Waals surface area contributed by atoms with Crippen LogP contribution in [0.4, 0.5) is 0 Å². The van der Waals surface area contributed by atoms with Gasteiger partial charge in [0, 0.05) is 16.3 Å². The van der Waals surface area contributed by atoms with Gasteiger partial charge < -0.3 is 0 Å². The minimum atomic E-state index is 0.790. The number of allylic oxidation sites excluding steroid dienone is 7. The van der Waals surface area contributed by atoms with Crippen LogP contribution in [0.1, 0.15) is 42.9 Å². The van der Waals surface area contributed by atoms with Crippen LogP contribution in [0.25, 0.3) is 5.57 Å². The highest BCUT2D eigenvalue weighted by atomic mass is 35.5. The lowest BCUT2D eigenvalue weighted by Crippen LogP contribution is -1.95. The van der Waals surface area contributed by atoms with Gasteiger partial charge in [-0.2, -0.15) is 0 Å². The molecule has 0 saturated carbocycles. The molecule has 1 aliphatic heterocycles. The monoisotopic (exact) mass is 356 g/mol. The van der Waals surface area contributed by atoms with Crippen LogP contribution in [0.3, 0.4) is 0 Å². The van der Waals surface area contributed by atoms with Crippen LogP contribution in [-0.4, -0.2) is 0 Å². The molecule has 0 bridgehead atoms. The molecule has 2 heteroatoms. The van der Waals surface area contributed by atoms with Gasteiger partial charge in [-0.1, -0.05) is 79.7 Å². The molecule has 1 aromatic rings. The SMILES string of the molecule is C=C/C=C\C=C1/CC(CCC)=C(C(=C)c2c(C)cc(Cl)cc2C)S1. The van der Waals surface area contributed by atoms with Crippen molar-refractivity contribution < 1.29 is 0 Å². The van der Waals surface area contributed by atoms with Crippen molar-refractivity contribution in [2.45, 2.75) is 40.0 Å². The average molecular weight is 357 g/mol. The Morgan fingerprint density at radius 2 is 1.92 bits per heavy atom. The third-order valence-corrected chi connectivity index (χ3v) is 5.60. The number of benzene rings is 1. The molecule has 0 N–H and O–H groups in total. The second-order valence-electron chi connectivity index (χ2n) is 6.11. The van der Waals surface area contributed by atoms with Crippen molar-refractivity contribution in [2.24, 2.45) is 0 Å². The predicted octanol–water partition coefficient (Wildman–Crippen LogP) is 7.79. The second kappa shape index (κ2) is 8.60. The van der Waals surface area contributed by atoms with Gasteiger partial charge in [0.05, 0.1) is 0 Å². The van der Waals surface area contributed by atoms with Crippen LogP contribution >= 0.6 is 23.4 Å². The first-order valence-electron chi connectivity index (χ1n) is 8.32. The summed E-state index contributed by atoms with van der Waals surface area (Å²) in [6.07, 6.45) is 11.3. The molecule has 0 amide bonds. The van der Waals surface area contributed by atoms with Crippen LogP contribution in [0.2, 0.25) is 5.02 Å². The number of thioether (sulfide) groups is 1. The summed E-state index contributed by atoms with van der Waals surface area (Å²) in [7, 11) is 0. The maximum absolute atomic E-state index is 6.19. The molecule has 24 heavy (non-hydrogen) atoms. The lowest BCUT2D eigenvalue weighted by atomic mass is 9.93. The molecule has 1 heterocycles. The fraction of sp³-hybridized carbons (Fsp3) is 0.273. The van der Waals surface area contributed by atoms with Crippen molar-refractivity contribution in [3.8, 4) is 0 Å². The summed E-state index contributed by atoms with van der Waals surface area (Å²) in [6, 6.07) is 4.05. The number of hydrogen-bond acceptors (Lipinski definition) is 1. The largest absolute Gasteiger partial charge is 0.0991 e.